The second-order valence-electron chi connectivity index (χ2n) is 4.30. The average Bonchev–Trinajstić information content (AvgIpc) is 2.45. The quantitative estimate of drug-likeness (QED) is 0.524. The summed E-state index contributed by atoms with van der Waals surface area (Å²) < 4.78 is 0. The predicted octanol–water partition coefficient (Wildman–Crippen LogP) is 1.63. The molecule has 2 aromatic heterocycles. The highest BCUT2D eigenvalue weighted by Crippen LogP contribution is 2.23. The number of rotatable bonds is 7. The number of aromatic nitrogens is 4. The number of halogens is 2. The molecular formula is C12H16Cl2N6O. The second-order valence-corrected chi connectivity index (χ2v) is 4.98. The molecule has 0 saturated carbocycles. The average molecular weight is 331 g/mol. The van der Waals surface area contributed by atoms with Gasteiger partial charge >= 0.3 is 0 Å². The van der Waals surface area contributed by atoms with Gasteiger partial charge in [0.2, 0.25) is 10.6 Å². The Morgan fingerprint density at radius 1 is 1.00 bits per heavy atom. The van der Waals surface area contributed by atoms with Crippen LogP contribution in [-0.4, -0.2) is 44.7 Å². The Balaban J connectivity index is 2.46. The lowest BCUT2D eigenvalue weighted by atomic mass is 10.3. The van der Waals surface area contributed by atoms with E-state index in [9.17, 15) is 0 Å². The van der Waals surface area contributed by atoms with E-state index >= 15 is 0 Å². The number of fused-ring (bicyclic) bond motifs is 1. The Hall–Kier alpha value is -1.28. The van der Waals surface area contributed by atoms with E-state index in [0.29, 0.717) is 35.6 Å². The highest BCUT2D eigenvalue weighted by atomic mass is 35.5. The van der Waals surface area contributed by atoms with Gasteiger partial charge in [0, 0.05) is 19.6 Å². The van der Waals surface area contributed by atoms with E-state index < -0.39 is 0 Å². The first-order valence-electron chi connectivity index (χ1n) is 6.60. The standard InChI is InChI=1S/C12H16Cl2N6O/c1-2-3-16-10-9-8(18-12(14)20-10)7(6-15-4-5-21)17-11(13)19-9/h15,21H,2-6H2,1H3,(H,16,18,20). The summed E-state index contributed by atoms with van der Waals surface area (Å²) in [5, 5.41) is 15.2. The van der Waals surface area contributed by atoms with Gasteiger partial charge in [0.05, 0.1) is 12.3 Å². The molecule has 0 fully saturated rings. The van der Waals surface area contributed by atoms with Crippen molar-refractivity contribution in [3.63, 3.8) is 0 Å². The van der Waals surface area contributed by atoms with Crippen molar-refractivity contribution in [3.8, 4) is 0 Å². The summed E-state index contributed by atoms with van der Waals surface area (Å²) in [5.41, 5.74) is 1.69. The summed E-state index contributed by atoms with van der Waals surface area (Å²) in [6.45, 7) is 3.67. The third kappa shape index (κ3) is 4.10. The number of hydrogen-bond donors (Lipinski definition) is 3. The summed E-state index contributed by atoms with van der Waals surface area (Å²) in [6, 6.07) is 0. The van der Waals surface area contributed by atoms with Crippen molar-refractivity contribution < 1.29 is 5.11 Å². The fourth-order valence-electron chi connectivity index (χ4n) is 1.79. The van der Waals surface area contributed by atoms with E-state index in [1.165, 1.54) is 0 Å². The van der Waals surface area contributed by atoms with Crippen LogP contribution in [0.1, 0.15) is 19.0 Å². The van der Waals surface area contributed by atoms with E-state index in [1.807, 2.05) is 6.92 Å². The molecule has 0 spiro atoms. The normalized spacial score (nSPS) is 11.0. The number of nitrogens with one attached hydrogen (secondary N) is 2. The lowest BCUT2D eigenvalue weighted by Crippen LogP contribution is -2.19. The van der Waals surface area contributed by atoms with Crippen molar-refractivity contribution >= 4 is 40.1 Å². The van der Waals surface area contributed by atoms with Crippen molar-refractivity contribution in [1.29, 1.82) is 0 Å². The highest BCUT2D eigenvalue weighted by Gasteiger charge is 2.14. The minimum atomic E-state index is 0.0375. The van der Waals surface area contributed by atoms with Crippen molar-refractivity contribution in [2.24, 2.45) is 0 Å². The van der Waals surface area contributed by atoms with Crippen LogP contribution in [0.4, 0.5) is 5.82 Å². The second kappa shape index (κ2) is 7.65. The van der Waals surface area contributed by atoms with Crippen LogP contribution in [0.2, 0.25) is 10.6 Å². The van der Waals surface area contributed by atoms with Crippen LogP contribution in [0.5, 0.6) is 0 Å². The van der Waals surface area contributed by atoms with Gasteiger partial charge < -0.3 is 15.7 Å². The molecule has 0 aliphatic rings. The van der Waals surface area contributed by atoms with Crippen LogP contribution in [-0.2, 0) is 6.54 Å². The van der Waals surface area contributed by atoms with Gasteiger partial charge in [-0.1, -0.05) is 6.92 Å². The molecule has 0 aliphatic heterocycles. The Kier molecular flexibility index (Phi) is 5.86. The maximum Gasteiger partial charge on any atom is 0.225 e. The molecular weight excluding hydrogens is 315 g/mol. The van der Waals surface area contributed by atoms with Gasteiger partial charge in [-0.15, -0.1) is 0 Å². The van der Waals surface area contributed by atoms with Crippen molar-refractivity contribution in [1.82, 2.24) is 25.3 Å². The van der Waals surface area contributed by atoms with Crippen molar-refractivity contribution in [2.75, 3.05) is 25.0 Å². The van der Waals surface area contributed by atoms with Crippen LogP contribution < -0.4 is 10.6 Å². The zero-order chi connectivity index (χ0) is 15.2. The number of aliphatic hydroxyl groups is 1. The molecule has 0 atom stereocenters. The molecule has 21 heavy (non-hydrogen) atoms. The zero-order valence-corrected chi connectivity index (χ0v) is 13.0. The first-order chi connectivity index (χ1) is 10.2. The smallest absolute Gasteiger partial charge is 0.225 e. The minimum Gasteiger partial charge on any atom is -0.395 e. The molecule has 3 N–H and O–H groups in total. The van der Waals surface area contributed by atoms with Gasteiger partial charge in [-0.25, -0.2) is 15.0 Å². The monoisotopic (exact) mass is 330 g/mol. The van der Waals surface area contributed by atoms with Crippen LogP contribution in [0.3, 0.4) is 0 Å². The SMILES string of the molecule is CCCNc1nc(Cl)nc2c(CNCCO)nc(Cl)nc12. The van der Waals surface area contributed by atoms with E-state index in [-0.39, 0.29) is 17.2 Å². The van der Waals surface area contributed by atoms with Crippen molar-refractivity contribution in [2.45, 2.75) is 19.9 Å². The molecule has 0 amide bonds. The molecule has 0 radical (unpaired) electrons. The van der Waals surface area contributed by atoms with Crippen LogP contribution in [0, 0.1) is 0 Å². The molecule has 0 unspecified atom stereocenters. The van der Waals surface area contributed by atoms with Gasteiger partial charge in [0.1, 0.15) is 11.0 Å². The van der Waals surface area contributed by atoms with Gasteiger partial charge in [-0.3, -0.25) is 0 Å². The lowest BCUT2D eigenvalue weighted by Gasteiger charge is -2.10. The third-order valence-electron chi connectivity index (χ3n) is 2.68. The van der Waals surface area contributed by atoms with E-state index in [4.69, 9.17) is 28.3 Å². The summed E-state index contributed by atoms with van der Waals surface area (Å²) in [7, 11) is 0. The fourth-order valence-corrected chi connectivity index (χ4v) is 2.15. The fraction of sp³-hybridized carbons (Fsp3) is 0.500. The minimum absolute atomic E-state index is 0.0375. The molecule has 2 heterocycles. The maximum atomic E-state index is 8.82. The predicted molar refractivity (Wildman–Crippen MR) is 82.7 cm³/mol. The number of anilines is 1. The van der Waals surface area contributed by atoms with Crippen LogP contribution >= 0.6 is 23.2 Å². The van der Waals surface area contributed by atoms with Gasteiger partial charge in [0.25, 0.3) is 0 Å². The summed E-state index contributed by atoms with van der Waals surface area (Å²) in [6.07, 6.45) is 0.937. The number of aliphatic hydroxyl groups excluding tert-OH is 1. The van der Waals surface area contributed by atoms with E-state index in [0.717, 1.165) is 13.0 Å². The highest BCUT2D eigenvalue weighted by molar-refractivity contribution is 6.29. The Morgan fingerprint density at radius 2 is 1.71 bits per heavy atom. The molecule has 2 aromatic rings. The third-order valence-corrected chi connectivity index (χ3v) is 3.02. The Labute approximate surface area is 132 Å². The molecule has 114 valence electrons. The van der Waals surface area contributed by atoms with E-state index in [2.05, 4.69) is 30.6 Å². The molecule has 0 aromatic carbocycles. The molecule has 0 aliphatic carbocycles. The largest absolute Gasteiger partial charge is 0.395 e. The van der Waals surface area contributed by atoms with Crippen LogP contribution in [0.25, 0.3) is 11.0 Å². The first kappa shape index (κ1) is 16.1. The van der Waals surface area contributed by atoms with Gasteiger partial charge in [-0.05, 0) is 29.6 Å². The maximum absolute atomic E-state index is 8.82. The lowest BCUT2D eigenvalue weighted by molar-refractivity contribution is 0.292. The molecule has 2 rings (SSSR count). The van der Waals surface area contributed by atoms with Crippen molar-refractivity contribution in [3.05, 3.63) is 16.3 Å². The first-order valence-corrected chi connectivity index (χ1v) is 7.36. The van der Waals surface area contributed by atoms with Gasteiger partial charge in [0.15, 0.2) is 5.82 Å². The number of nitrogens with zero attached hydrogens (tertiary/aromatic N) is 4. The summed E-state index contributed by atoms with van der Waals surface area (Å²) in [4.78, 5) is 16.7. The number of hydrogen-bond acceptors (Lipinski definition) is 7. The molecule has 7 nitrogen and oxygen atoms in total. The molecule has 9 heteroatoms. The topological polar surface area (TPSA) is 95.9 Å². The molecule has 0 saturated heterocycles. The summed E-state index contributed by atoms with van der Waals surface area (Å²) >= 11 is 11.9. The Bertz CT molecular complexity index is 624. The summed E-state index contributed by atoms with van der Waals surface area (Å²) in [5.74, 6) is 0.541. The van der Waals surface area contributed by atoms with E-state index in [1.54, 1.807) is 0 Å². The van der Waals surface area contributed by atoms with Crippen LogP contribution in [0.15, 0.2) is 0 Å². The Morgan fingerprint density at radius 3 is 2.43 bits per heavy atom. The van der Waals surface area contributed by atoms with Gasteiger partial charge in [-0.2, -0.15) is 4.98 Å². The molecule has 0 bridgehead atoms. The zero-order valence-electron chi connectivity index (χ0n) is 11.5.